The highest BCUT2D eigenvalue weighted by Gasteiger charge is 2.31. The van der Waals surface area contributed by atoms with Crippen LogP contribution in [0, 0.1) is 5.92 Å². The van der Waals surface area contributed by atoms with Crippen LogP contribution in [-0.2, 0) is 27.4 Å². The Morgan fingerprint density at radius 1 is 1.43 bits per heavy atom. The molecule has 0 saturated heterocycles. The molecular formula is C15H23N3O4S. The lowest BCUT2D eigenvalue weighted by atomic mass is 9.96. The van der Waals surface area contributed by atoms with Gasteiger partial charge in [0.25, 0.3) is 0 Å². The van der Waals surface area contributed by atoms with Crippen molar-refractivity contribution >= 4 is 28.5 Å². The molecular weight excluding hydrogens is 318 g/mol. The standard InChI is InChI=1S/C15H23N3O4S/c1-4-7-18(15(20)22-21-13(19)9(2)3)10-5-6-11-12(8-10)23-14(16)17-11/h9-10H,4-8H2,1-3H3,(H2,16,17). The van der Waals surface area contributed by atoms with Gasteiger partial charge in [-0.2, -0.15) is 0 Å². The number of nitrogen functional groups attached to an aromatic ring is 1. The third-order valence-corrected chi connectivity index (χ3v) is 4.69. The van der Waals surface area contributed by atoms with Crippen LogP contribution in [0.5, 0.6) is 0 Å². The number of carbonyl (C=O) groups is 2. The van der Waals surface area contributed by atoms with Gasteiger partial charge in [-0.05, 0) is 19.3 Å². The van der Waals surface area contributed by atoms with Gasteiger partial charge in [0.05, 0.1) is 11.6 Å². The van der Waals surface area contributed by atoms with E-state index < -0.39 is 12.1 Å². The highest BCUT2D eigenvalue weighted by molar-refractivity contribution is 7.15. The third-order valence-electron chi connectivity index (χ3n) is 3.74. The van der Waals surface area contributed by atoms with E-state index in [1.165, 1.54) is 11.3 Å². The smallest absolute Gasteiger partial charge is 0.375 e. The van der Waals surface area contributed by atoms with E-state index in [0.29, 0.717) is 18.1 Å². The fraction of sp³-hybridized carbons (Fsp3) is 0.667. The minimum absolute atomic E-state index is 0.00699. The maximum absolute atomic E-state index is 12.3. The van der Waals surface area contributed by atoms with Crippen molar-refractivity contribution in [1.29, 1.82) is 0 Å². The van der Waals surface area contributed by atoms with E-state index in [1.807, 2.05) is 6.92 Å². The molecule has 2 rings (SSSR count). The number of carbonyl (C=O) groups excluding carboxylic acids is 2. The summed E-state index contributed by atoms with van der Waals surface area (Å²) in [4.78, 5) is 40.1. The molecule has 1 atom stereocenters. The van der Waals surface area contributed by atoms with Gasteiger partial charge in [0, 0.05) is 23.9 Å². The Morgan fingerprint density at radius 3 is 2.83 bits per heavy atom. The van der Waals surface area contributed by atoms with E-state index in [9.17, 15) is 9.59 Å². The number of amides is 1. The van der Waals surface area contributed by atoms with Crippen molar-refractivity contribution in [2.45, 2.75) is 52.5 Å². The van der Waals surface area contributed by atoms with Crippen LogP contribution in [0.1, 0.15) is 44.2 Å². The van der Waals surface area contributed by atoms with E-state index >= 15 is 0 Å². The molecule has 0 bridgehead atoms. The first-order valence-electron chi connectivity index (χ1n) is 7.85. The summed E-state index contributed by atoms with van der Waals surface area (Å²) in [6.07, 6.45) is 2.46. The van der Waals surface area contributed by atoms with Gasteiger partial charge in [-0.25, -0.2) is 24.3 Å². The molecule has 1 aliphatic rings. The number of thiazole rings is 1. The van der Waals surface area contributed by atoms with Gasteiger partial charge in [-0.3, -0.25) is 0 Å². The van der Waals surface area contributed by atoms with Crippen molar-refractivity contribution in [2.75, 3.05) is 12.3 Å². The minimum Gasteiger partial charge on any atom is -0.375 e. The van der Waals surface area contributed by atoms with Crippen LogP contribution >= 0.6 is 11.3 Å². The van der Waals surface area contributed by atoms with E-state index in [1.54, 1.807) is 18.7 Å². The van der Waals surface area contributed by atoms with Crippen LogP contribution in [-0.4, -0.2) is 34.5 Å². The van der Waals surface area contributed by atoms with Gasteiger partial charge in [0.15, 0.2) is 5.13 Å². The van der Waals surface area contributed by atoms with Gasteiger partial charge in [0.1, 0.15) is 0 Å². The first-order chi connectivity index (χ1) is 10.9. The van der Waals surface area contributed by atoms with Crippen molar-refractivity contribution in [3.63, 3.8) is 0 Å². The number of aromatic nitrogens is 1. The second kappa shape index (κ2) is 7.63. The Kier molecular flexibility index (Phi) is 5.81. The SMILES string of the molecule is CCCN(C(=O)OOC(=O)C(C)C)C1CCc2nc(N)sc2C1. The minimum atomic E-state index is -0.619. The average Bonchev–Trinajstić information content (AvgIpc) is 2.88. The highest BCUT2D eigenvalue weighted by Crippen LogP contribution is 2.30. The monoisotopic (exact) mass is 341 g/mol. The van der Waals surface area contributed by atoms with Crippen LogP contribution in [0.25, 0.3) is 0 Å². The van der Waals surface area contributed by atoms with Crippen LogP contribution in [0.15, 0.2) is 0 Å². The summed E-state index contributed by atoms with van der Waals surface area (Å²) >= 11 is 1.47. The van der Waals surface area contributed by atoms with Gasteiger partial charge in [-0.1, -0.05) is 20.8 Å². The molecule has 1 heterocycles. The highest BCUT2D eigenvalue weighted by atomic mass is 32.1. The third kappa shape index (κ3) is 4.34. The van der Waals surface area contributed by atoms with Crippen LogP contribution in [0.4, 0.5) is 9.93 Å². The Balaban J connectivity index is 2.00. The molecule has 7 nitrogen and oxygen atoms in total. The Hall–Kier alpha value is -1.83. The maximum Gasteiger partial charge on any atom is 0.453 e. The summed E-state index contributed by atoms with van der Waals surface area (Å²) in [6, 6.07) is 0.00699. The quantitative estimate of drug-likeness (QED) is 0.668. The van der Waals surface area contributed by atoms with E-state index in [4.69, 9.17) is 10.6 Å². The van der Waals surface area contributed by atoms with Crippen molar-refractivity contribution in [3.05, 3.63) is 10.6 Å². The average molecular weight is 341 g/mol. The van der Waals surface area contributed by atoms with Crippen LogP contribution in [0.2, 0.25) is 0 Å². The normalized spacial score (nSPS) is 16.8. The summed E-state index contributed by atoms with van der Waals surface area (Å²) < 4.78 is 0. The van der Waals surface area contributed by atoms with Gasteiger partial charge in [-0.15, -0.1) is 11.3 Å². The van der Waals surface area contributed by atoms with E-state index in [0.717, 1.165) is 29.8 Å². The number of hydrogen-bond donors (Lipinski definition) is 1. The number of nitrogens with two attached hydrogens (primary N) is 1. The lowest BCUT2D eigenvalue weighted by Crippen LogP contribution is -2.44. The summed E-state index contributed by atoms with van der Waals surface area (Å²) in [6.45, 7) is 5.89. The van der Waals surface area contributed by atoms with Crippen molar-refractivity contribution in [1.82, 2.24) is 9.88 Å². The largest absolute Gasteiger partial charge is 0.453 e. The topological polar surface area (TPSA) is 94.8 Å². The molecule has 1 aliphatic carbocycles. The zero-order valence-corrected chi connectivity index (χ0v) is 14.5. The Labute approximate surface area is 139 Å². The number of aryl methyl sites for hydroxylation is 1. The zero-order valence-electron chi connectivity index (χ0n) is 13.7. The summed E-state index contributed by atoms with van der Waals surface area (Å²) in [5, 5.41) is 0.561. The lowest BCUT2D eigenvalue weighted by Gasteiger charge is -2.32. The maximum atomic E-state index is 12.3. The van der Waals surface area contributed by atoms with E-state index in [-0.39, 0.29) is 12.0 Å². The fourth-order valence-electron chi connectivity index (χ4n) is 2.53. The summed E-state index contributed by atoms with van der Waals surface area (Å²) in [7, 11) is 0. The molecule has 2 N–H and O–H groups in total. The molecule has 128 valence electrons. The van der Waals surface area contributed by atoms with Gasteiger partial charge < -0.3 is 10.6 Å². The molecule has 8 heteroatoms. The molecule has 0 aliphatic heterocycles. The predicted molar refractivity (Wildman–Crippen MR) is 86.7 cm³/mol. The number of hydrogen-bond acceptors (Lipinski definition) is 7. The number of nitrogens with zero attached hydrogens (tertiary/aromatic N) is 2. The second-order valence-corrected chi connectivity index (χ2v) is 7.03. The van der Waals surface area contributed by atoms with Crippen LogP contribution < -0.4 is 5.73 Å². The Morgan fingerprint density at radius 2 is 2.17 bits per heavy atom. The molecule has 0 radical (unpaired) electrons. The molecule has 0 spiro atoms. The van der Waals surface area contributed by atoms with Crippen molar-refractivity contribution < 1.29 is 19.4 Å². The second-order valence-electron chi connectivity index (χ2n) is 5.92. The summed E-state index contributed by atoms with van der Waals surface area (Å²) in [5.41, 5.74) is 6.78. The lowest BCUT2D eigenvalue weighted by molar-refractivity contribution is -0.241. The first kappa shape index (κ1) is 17.5. The van der Waals surface area contributed by atoms with Crippen molar-refractivity contribution in [3.8, 4) is 0 Å². The Bertz CT molecular complexity index is 573. The molecule has 0 saturated carbocycles. The molecule has 0 fully saturated rings. The summed E-state index contributed by atoms with van der Waals surface area (Å²) in [5.74, 6) is -0.907. The predicted octanol–water partition coefficient (Wildman–Crippen LogP) is 2.55. The first-order valence-corrected chi connectivity index (χ1v) is 8.67. The molecule has 1 aromatic heterocycles. The number of anilines is 1. The zero-order chi connectivity index (χ0) is 17.0. The molecule has 1 unspecified atom stereocenters. The van der Waals surface area contributed by atoms with Gasteiger partial charge in [0.2, 0.25) is 0 Å². The molecule has 1 amide bonds. The van der Waals surface area contributed by atoms with E-state index in [2.05, 4.69) is 9.87 Å². The number of fused-ring (bicyclic) bond motifs is 1. The molecule has 0 aromatic carbocycles. The van der Waals surface area contributed by atoms with Crippen LogP contribution in [0.3, 0.4) is 0 Å². The molecule has 23 heavy (non-hydrogen) atoms. The van der Waals surface area contributed by atoms with Gasteiger partial charge >= 0.3 is 12.1 Å². The fourth-order valence-corrected chi connectivity index (χ4v) is 3.48. The number of rotatable bonds is 4. The molecule has 1 aromatic rings. The van der Waals surface area contributed by atoms with Crippen molar-refractivity contribution in [2.24, 2.45) is 5.92 Å².